The van der Waals surface area contributed by atoms with Crippen LogP contribution >= 0.6 is 51.5 Å². The van der Waals surface area contributed by atoms with Crippen LogP contribution in [-0.4, -0.2) is 14.2 Å². The Morgan fingerprint density at radius 3 is 2.52 bits per heavy atom. The van der Waals surface area contributed by atoms with Gasteiger partial charge in [-0.15, -0.1) is 12.4 Å². The summed E-state index contributed by atoms with van der Waals surface area (Å²) in [6, 6.07) is 9.27. The van der Waals surface area contributed by atoms with Crippen LogP contribution in [-0.2, 0) is 13.2 Å². The summed E-state index contributed by atoms with van der Waals surface area (Å²) in [5, 5.41) is 4.28. The monoisotopic (exact) mass is 439 g/mol. The fourth-order valence-electron chi connectivity index (χ4n) is 2.01. The van der Waals surface area contributed by atoms with Crippen molar-refractivity contribution in [3.63, 3.8) is 0 Å². The van der Waals surface area contributed by atoms with Crippen molar-refractivity contribution in [3.8, 4) is 11.5 Å². The smallest absolute Gasteiger partial charge is 0.175 e. The van der Waals surface area contributed by atoms with Crippen LogP contribution in [0.4, 0.5) is 0 Å². The van der Waals surface area contributed by atoms with Gasteiger partial charge in [0.1, 0.15) is 6.61 Å². The Labute approximate surface area is 160 Å². The van der Waals surface area contributed by atoms with Crippen molar-refractivity contribution in [2.45, 2.75) is 13.2 Å². The summed E-state index contributed by atoms with van der Waals surface area (Å²) in [4.78, 5) is 0. The minimum absolute atomic E-state index is 0. The quantitative estimate of drug-likeness (QED) is 0.644. The molecule has 0 atom stereocenters. The number of nitrogens with one attached hydrogen (secondary N) is 1. The van der Waals surface area contributed by atoms with E-state index in [1.807, 2.05) is 25.2 Å². The summed E-state index contributed by atoms with van der Waals surface area (Å²) >= 11 is 15.6. The van der Waals surface area contributed by atoms with Gasteiger partial charge in [-0.1, -0.05) is 29.3 Å². The summed E-state index contributed by atoms with van der Waals surface area (Å²) in [5.74, 6) is 1.32. The molecule has 0 saturated heterocycles. The lowest BCUT2D eigenvalue weighted by Crippen LogP contribution is -2.06. The molecule has 0 aliphatic heterocycles. The molecular weight excluding hydrogens is 424 g/mol. The van der Waals surface area contributed by atoms with Gasteiger partial charge in [0.25, 0.3) is 0 Å². The van der Waals surface area contributed by atoms with Gasteiger partial charge in [-0.3, -0.25) is 0 Å². The third kappa shape index (κ3) is 5.44. The summed E-state index contributed by atoms with van der Waals surface area (Å²) in [5.41, 5.74) is 1.96. The van der Waals surface area contributed by atoms with Crippen molar-refractivity contribution in [2.24, 2.45) is 0 Å². The number of halogens is 4. The predicted octanol–water partition coefficient (Wildman–Crippen LogP) is 5.48. The Bertz CT molecular complexity index is 668. The lowest BCUT2D eigenvalue weighted by atomic mass is 10.2. The van der Waals surface area contributed by atoms with E-state index in [0.29, 0.717) is 28.2 Å². The maximum absolute atomic E-state index is 6.16. The number of hydrogen-bond acceptors (Lipinski definition) is 3. The molecule has 0 heterocycles. The Hall–Kier alpha value is -0.650. The van der Waals surface area contributed by atoms with E-state index >= 15 is 0 Å². The summed E-state index contributed by atoms with van der Waals surface area (Å²) in [7, 11) is 3.51. The van der Waals surface area contributed by atoms with Gasteiger partial charge >= 0.3 is 0 Å². The van der Waals surface area contributed by atoms with Gasteiger partial charge in [0, 0.05) is 22.2 Å². The molecule has 0 spiro atoms. The molecule has 0 bridgehead atoms. The van der Waals surface area contributed by atoms with Crippen molar-refractivity contribution in [2.75, 3.05) is 14.2 Å². The number of rotatable bonds is 6. The van der Waals surface area contributed by atoms with Crippen LogP contribution in [0.25, 0.3) is 0 Å². The van der Waals surface area contributed by atoms with Crippen LogP contribution in [0.5, 0.6) is 11.5 Å². The van der Waals surface area contributed by atoms with E-state index < -0.39 is 0 Å². The average molecular weight is 442 g/mol. The van der Waals surface area contributed by atoms with E-state index in [2.05, 4.69) is 21.2 Å². The van der Waals surface area contributed by atoms with Crippen LogP contribution in [0.3, 0.4) is 0 Å². The van der Waals surface area contributed by atoms with Crippen molar-refractivity contribution in [3.05, 3.63) is 56.0 Å². The first-order chi connectivity index (χ1) is 10.5. The molecule has 1 N–H and O–H groups in total. The predicted molar refractivity (Wildman–Crippen MR) is 101 cm³/mol. The van der Waals surface area contributed by atoms with Crippen LogP contribution in [0.15, 0.2) is 34.8 Å². The number of hydrogen-bond donors (Lipinski definition) is 1. The minimum Gasteiger partial charge on any atom is -0.493 e. The first-order valence-electron chi connectivity index (χ1n) is 6.63. The highest BCUT2D eigenvalue weighted by molar-refractivity contribution is 9.10. The van der Waals surface area contributed by atoms with E-state index in [-0.39, 0.29) is 12.4 Å². The van der Waals surface area contributed by atoms with Crippen LogP contribution in [0.2, 0.25) is 10.0 Å². The highest BCUT2D eigenvalue weighted by atomic mass is 79.9. The number of ether oxygens (including phenoxy) is 2. The normalized spacial score (nSPS) is 10.1. The van der Waals surface area contributed by atoms with Crippen LogP contribution in [0.1, 0.15) is 11.1 Å². The Balaban J connectivity index is 0.00000264. The van der Waals surface area contributed by atoms with Crippen molar-refractivity contribution >= 4 is 51.5 Å². The minimum atomic E-state index is 0. The van der Waals surface area contributed by atoms with E-state index in [4.69, 9.17) is 32.7 Å². The molecule has 0 aromatic heterocycles. The van der Waals surface area contributed by atoms with E-state index in [0.717, 1.165) is 22.1 Å². The molecule has 0 amide bonds. The maximum Gasteiger partial charge on any atom is 0.175 e. The Morgan fingerprint density at radius 2 is 1.91 bits per heavy atom. The number of methoxy groups -OCH3 is 1. The molecule has 0 aliphatic rings. The number of benzene rings is 2. The SMILES string of the molecule is CNCc1cc(Br)c(OCc2ccc(Cl)cc2Cl)c(OC)c1.Cl. The summed E-state index contributed by atoms with van der Waals surface area (Å²) in [6.45, 7) is 1.08. The van der Waals surface area contributed by atoms with Gasteiger partial charge < -0.3 is 14.8 Å². The van der Waals surface area contributed by atoms with Gasteiger partial charge in [-0.2, -0.15) is 0 Å². The first-order valence-corrected chi connectivity index (χ1v) is 8.17. The molecule has 0 saturated carbocycles. The fourth-order valence-corrected chi connectivity index (χ4v) is 3.08. The highest BCUT2D eigenvalue weighted by Gasteiger charge is 2.12. The second kappa shape index (κ2) is 9.60. The molecule has 0 radical (unpaired) electrons. The highest BCUT2D eigenvalue weighted by Crippen LogP contribution is 2.37. The maximum atomic E-state index is 6.16. The molecule has 0 aliphatic carbocycles. The zero-order valence-corrected chi connectivity index (χ0v) is 16.6. The topological polar surface area (TPSA) is 30.5 Å². The second-order valence-electron chi connectivity index (χ2n) is 4.66. The molecule has 7 heteroatoms. The van der Waals surface area contributed by atoms with Crippen molar-refractivity contribution in [1.82, 2.24) is 5.32 Å². The fraction of sp³-hybridized carbons (Fsp3) is 0.250. The molecule has 2 aromatic carbocycles. The first kappa shape index (κ1) is 20.4. The largest absolute Gasteiger partial charge is 0.493 e. The molecule has 126 valence electrons. The standard InChI is InChI=1S/C16H16BrCl2NO2.ClH/c1-20-8-10-5-13(17)16(15(6-10)21-2)22-9-11-3-4-12(18)7-14(11)19;/h3-7,20H,8-9H2,1-2H3;1H. The van der Waals surface area contributed by atoms with Crippen LogP contribution in [0, 0.1) is 0 Å². The lowest BCUT2D eigenvalue weighted by molar-refractivity contribution is 0.282. The van der Waals surface area contributed by atoms with Crippen molar-refractivity contribution in [1.29, 1.82) is 0 Å². The molecular formula is C16H17BrCl3NO2. The zero-order chi connectivity index (χ0) is 16.1. The van der Waals surface area contributed by atoms with Gasteiger partial charge in [-0.25, -0.2) is 0 Å². The molecule has 3 nitrogen and oxygen atoms in total. The lowest BCUT2D eigenvalue weighted by Gasteiger charge is -2.15. The van der Waals surface area contributed by atoms with Gasteiger partial charge in [0.2, 0.25) is 0 Å². The molecule has 2 aromatic rings. The van der Waals surface area contributed by atoms with Gasteiger partial charge in [0.15, 0.2) is 11.5 Å². The molecule has 2 rings (SSSR count). The summed E-state index contributed by atoms with van der Waals surface area (Å²) in [6.07, 6.45) is 0. The Kier molecular flexibility index (Phi) is 8.51. The summed E-state index contributed by atoms with van der Waals surface area (Å²) < 4.78 is 12.1. The van der Waals surface area contributed by atoms with E-state index in [1.165, 1.54) is 0 Å². The average Bonchev–Trinajstić information content (AvgIpc) is 2.47. The molecule has 0 unspecified atom stereocenters. The van der Waals surface area contributed by atoms with Crippen LogP contribution < -0.4 is 14.8 Å². The Morgan fingerprint density at radius 1 is 1.17 bits per heavy atom. The third-order valence-corrected chi connectivity index (χ3v) is 4.23. The zero-order valence-electron chi connectivity index (χ0n) is 12.7. The van der Waals surface area contributed by atoms with Crippen molar-refractivity contribution < 1.29 is 9.47 Å². The third-order valence-electron chi connectivity index (χ3n) is 3.06. The second-order valence-corrected chi connectivity index (χ2v) is 6.36. The van der Waals surface area contributed by atoms with E-state index in [1.54, 1.807) is 19.2 Å². The molecule has 23 heavy (non-hydrogen) atoms. The van der Waals surface area contributed by atoms with Gasteiger partial charge in [-0.05, 0) is 52.8 Å². The molecule has 0 fully saturated rings. The van der Waals surface area contributed by atoms with Gasteiger partial charge in [0.05, 0.1) is 11.6 Å². The van der Waals surface area contributed by atoms with E-state index in [9.17, 15) is 0 Å².